The maximum absolute atomic E-state index is 13.5. The van der Waals surface area contributed by atoms with Gasteiger partial charge in [-0.05, 0) is 72.7 Å². The van der Waals surface area contributed by atoms with E-state index in [2.05, 4.69) is 16.0 Å². The van der Waals surface area contributed by atoms with E-state index in [0.717, 1.165) is 29.5 Å². The first-order valence-corrected chi connectivity index (χ1v) is 15.5. The van der Waals surface area contributed by atoms with Crippen molar-refractivity contribution in [1.82, 2.24) is 5.32 Å². The van der Waals surface area contributed by atoms with Crippen molar-refractivity contribution in [2.75, 3.05) is 51.7 Å². The Bertz CT molecular complexity index is 1660. The van der Waals surface area contributed by atoms with Crippen LogP contribution < -0.4 is 45.1 Å². The molecule has 1 aliphatic heterocycles. The summed E-state index contributed by atoms with van der Waals surface area (Å²) >= 11 is 0. The van der Waals surface area contributed by atoms with Crippen molar-refractivity contribution in [3.05, 3.63) is 63.8 Å². The zero-order chi connectivity index (χ0) is 32.6. The molecule has 46 heavy (non-hydrogen) atoms. The molecule has 0 spiro atoms. The average molecular weight is 632 g/mol. The Morgan fingerprint density at radius 3 is 2.41 bits per heavy atom. The first kappa shape index (κ1) is 32.5. The first-order chi connectivity index (χ1) is 22.3. The molecule has 0 bridgehead atoms. The fourth-order valence-corrected chi connectivity index (χ4v) is 6.01. The van der Waals surface area contributed by atoms with Crippen molar-refractivity contribution in [3.63, 3.8) is 0 Å². The second-order valence-electron chi connectivity index (χ2n) is 11.2. The van der Waals surface area contributed by atoms with Crippen molar-refractivity contribution < 1.29 is 33.3 Å². The Morgan fingerprint density at radius 2 is 1.67 bits per heavy atom. The standard InChI is InChI=1S/C35H41N3O8/c1-21(39)37-26-12-9-22-18-31(42-2)34(43-3)35(44-4)33(22)24-11-13-27(28(40)20-25(24)26)36-15-7-5-6-8-32(41)38-23-10-14-29-30(19-23)46-17-16-45-29/h10-11,13-14,18-20,26H,5-9,12,15-17H2,1-4H3,(H,36,40)(H,37,39)(H,38,41). The molecule has 0 radical (unpaired) electrons. The van der Waals surface area contributed by atoms with Gasteiger partial charge >= 0.3 is 0 Å². The number of amides is 2. The fourth-order valence-electron chi connectivity index (χ4n) is 6.01. The Morgan fingerprint density at radius 1 is 0.891 bits per heavy atom. The van der Waals surface area contributed by atoms with E-state index in [1.54, 1.807) is 51.7 Å². The third-order valence-corrected chi connectivity index (χ3v) is 8.14. The highest BCUT2D eigenvalue weighted by Crippen LogP contribution is 2.50. The number of hydrogen-bond donors (Lipinski definition) is 3. The van der Waals surface area contributed by atoms with Crippen molar-refractivity contribution in [2.45, 2.75) is 51.5 Å². The summed E-state index contributed by atoms with van der Waals surface area (Å²) in [6, 6.07) is 12.2. The van der Waals surface area contributed by atoms with Crippen LogP contribution in [0.15, 0.2) is 47.3 Å². The number of unbranched alkanes of at least 4 members (excludes halogenated alkanes) is 2. The molecule has 0 aromatic heterocycles. The lowest BCUT2D eigenvalue weighted by Crippen LogP contribution is -2.26. The van der Waals surface area contributed by atoms with Crippen molar-refractivity contribution in [2.24, 2.45) is 0 Å². The molecule has 2 amide bonds. The summed E-state index contributed by atoms with van der Waals surface area (Å²) in [7, 11) is 4.71. The molecule has 3 aromatic carbocycles. The molecule has 0 saturated heterocycles. The van der Waals surface area contributed by atoms with Crippen LogP contribution in [0.4, 0.5) is 11.4 Å². The molecule has 3 aromatic rings. The van der Waals surface area contributed by atoms with E-state index in [9.17, 15) is 14.4 Å². The number of fused-ring (bicyclic) bond motifs is 4. The molecule has 11 heteroatoms. The largest absolute Gasteiger partial charge is 0.493 e. The maximum Gasteiger partial charge on any atom is 0.224 e. The second-order valence-corrected chi connectivity index (χ2v) is 11.2. The van der Waals surface area contributed by atoms with Crippen LogP contribution in [0.25, 0.3) is 11.1 Å². The third kappa shape index (κ3) is 7.30. The van der Waals surface area contributed by atoms with Gasteiger partial charge in [-0.2, -0.15) is 0 Å². The highest BCUT2D eigenvalue weighted by atomic mass is 16.6. The second kappa shape index (κ2) is 14.9. The number of carbonyl (C=O) groups excluding carboxylic acids is 2. The van der Waals surface area contributed by atoms with E-state index in [-0.39, 0.29) is 23.3 Å². The fraction of sp³-hybridized carbons (Fsp3) is 0.400. The van der Waals surface area contributed by atoms with Crippen LogP contribution >= 0.6 is 0 Å². The van der Waals surface area contributed by atoms with Crippen LogP contribution in [0, 0.1) is 0 Å². The number of hydrogen-bond acceptors (Lipinski definition) is 9. The molecule has 1 unspecified atom stereocenters. The molecule has 5 rings (SSSR count). The lowest BCUT2D eigenvalue weighted by molar-refractivity contribution is -0.119. The summed E-state index contributed by atoms with van der Waals surface area (Å²) < 4.78 is 28.2. The summed E-state index contributed by atoms with van der Waals surface area (Å²) in [6.45, 7) is 3.04. The van der Waals surface area contributed by atoms with E-state index < -0.39 is 0 Å². The Kier molecular flexibility index (Phi) is 10.5. The smallest absolute Gasteiger partial charge is 0.224 e. The van der Waals surface area contributed by atoms with Gasteiger partial charge in [-0.3, -0.25) is 14.4 Å². The van der Waals surface area contributed by atoms with Crippen LogP contribution in [-0.2, 0) is 16.0 Å². The van der Waals surface area contributed by atoms with Gasteiger partial charge in [0.2, 0.25) is 23.0 Å². The van der Waals surface area contributed by atoms with Crippen molar-refractivity contribution >= 4 is 23.2 Å². The van der Waals surface area contributed by atoms with Crippen molar-refractivity contribution in [1.29, 1.82) is 0 Å². The minimum atomic E-state index is -0.372. The predicted octanol–water partition coefficient (Wildman–Crippen LogP) is 5.25. The van der Waals surface area contributed by atoms with Crippen LogP contribution in [0.2, 0.25) is 0 Å². The number of ether oxygens (including phenoxy) is 5. The zero-order valence-electron chi connectivity index (χ0n) is 26.7. The SMILES string of the molecule is COc1cc2c(c(OC)c1OC)-c1ccc(NCCCCCC(=O)Nc3ccc4c(c3)OCCO4)c(=O)cc1C(NC(C)=O)CC2. The first-order valence-electron chi connectivity index (χ1n) is 15.5. The number of rotatable bonds is 12. The van der Waals surface area contributed by atoms with E-state index in [1.165, 1.54) is 6.92 Å². The number of carbonyl (C=O) groups is 2. The van der Waals surface area contributed by atoms with E-state index in [4.69, 9.17) is 23.7 Å². The number of nitrogens with one attached hydrogen (secondary N) is 3. The number of aryl methyl sites for hydroxylation is 1. The quantitative estimate of drug-likeness (QED) is 0.229. The Labute approximate surface area is 268 Å². The van der Waals surface area contributed by atoms with Gasteiger partial charge in [-0.1, -0.05) is 12.5 Å². The lowest BCUT2D eigenvalue weighted by Gasteiger charge is -2.19. The monoisotopic (exact) mass is 631 g/mol. The van der Waals surface area contributed by atoms with E-state index in [1.807, 2.05) is 12.1 Å². The van der Waals surface area contributed by atoms with Crippen LogP contribution in [0.3, 0.4) is 0 Å². The summed E-state index contributed by atoms with van der Waals surface area (Å²) in [5.41, 5.74) is 4.20. The molecular formula is C35H41N3O8. The predicted molar refractivity (Wildman–Crippen MR) is 176 cm³/mol. The topological polar surface area (TPSA) is 133 Å². The van der Waals surface area contributed by atoms with Crippen molar-refractivity contribution in [3.8, 4) is 39.9 Å². The van der Waals surface area contributed by atoms with Gasteiger partial charge in [-0.25, -0.2) is 0 Å². The molecule has 0 saturated carbocycles. The normalized spacial score (nSPS) is 14.6. The van der Waals surface area contributed by atoms with Crippen LogP contribution in [-0.4, -0.2) is 52.9 Å². The zero-order valence-corrected chi connectivity index (χ0v) is 26.7. The highest BCUT2D eigenvalue weighted by molar-refractivity contribution is 5.91. The van der Waals surface area contributed by atoms with Gasteiger partial charge in [0.25, 0.3) is 0 Å². The molecule has 1 aliphatic carbocycles. The van der Waals surface area contributed by atoms with Gasteiger partial charge in [0.05, 0.1) is 33.1 Å². The summed E-state index contributed by atoms with van der Waals surface area (Å²) in [5.74, 6) is 2.58. The minimum Gasteiger partial charge on any atom is -0.493 e. The molecule has 244 valence electrons. The molecule has 2 aliphatic rings. The molecule has 1 atom stereocenters. The van der Waals surface area contributed by atoms with Crippen LogP contribution in [0.5, 0.6) is 28.7 Å². The highest BCUT2D eigenvalue weighted by Gasteiger charge is 2.29. The lowest BCUT2D eigenvalue weighted by atomic mass is 9.95. The summed E-state index contributed by atoms with van der Waals surface area (Å²) in [6.07, 6.45) is 3.89. The third-order valence-electron chi connectivity index (χ3n) is 8.14. The Hall–Kier alpha value is -4.93. The minimum absolute atomic E-state index is 0.0678. The molecular weight excluding hydrogens is 590 g/mol. The van der Waals surface area contributed by atoms with Gasteiger partial charge in [0, 0.05) is 37.2 Å². The van der Waals surface area contributed by atoms with Gasteiger partial charge in [-0.15, -0.1) is 0 Å². The summed E-state index contributed by atoms with van der Waals surface area (Å²) in [4.78, 5) is 38.1. The average Bonchev–Trinajstić information content (AvgIpc) is 3.29. The molecule has 1 heterocycles. The van der Waals surface area contributed by atoms with Gasteiger partial charge < -0.3 is 39.6 Å². The molecule has 11 nitrogen and oxygen atoms in total. The van der Waals surface area contributed by atoms with Crippen LogP contribution in [0.1, 0.15) is 56.2 Å². The van der Waals surface area contributed by atoms with E-state index in [0.29, 0.717) is 91.1 Å². The number of anilines is 2. The maximum atomic E-state index is 13.5. The van der Waals surface area contributed by atoms with Gasteiger partial charge in [0.15, 0.2) is 23.0 Å². The molecule has 0 fully saturated rings. The molecule has 3 N–H and O–H groups in total. The summed E-state index contributed by atoms with van der Waals surface area (Å²) in [5, 5.41) is 9.21. The van der Waals surface area contributed by atoms with Gasteiger partial charge in [0.1, 0.15) is 13.2 Å². The number of benzene rings is 2. The number of methoxy groups -OCH3 is 3. The Balaban J connectivity index is 1.26. The van der Waals surface area contributed by atoms with E-state index >= 15 is 0 Å².